The molecular formula is C7H11NO5S. The highest BCUT2D eigenvalue weighted by Crippen LogP contribution is 2.31. The number of carbonyl (C=O) groups excluding carboxylic acids is 1. The number of hydrogen-bond acceptors (Lipinski definition) is 4. The summed E-state index contributed by atoms with van der Waals surface area (Å²) >= 11 is 0. The summed E-state index contributed by atoms with van der Waals surface area (Å²) in [5.41, 5.74) is -1.02. The van der Waals surface area contributed by atoms with Crippen molar-refractivity contribution in [3.8, 4) is 0 Å². The van der Waals surface area contributed by atoms with Gasteiger partial charge in [0.2, 0.25) is 15.9 Å². The van der Waals surface area contributed by atoms with Crippen molar-refractivity contribution in [2.24, 2.45) is 5.41 Å². The standard InChI is InChI=1S/C7H11NO5S/c1-7(2)4-14(12,13)8(6(7)11)3-5(9)10/h3-4H2,1-2H3,(H,9,10). The van der Waals surface area contributed by atoms with Crippen LogP contribution in [0.3, 0.4) is 0 Å². The van der Waals surface area contributed by atoms with Crippen LogP contribution in [0.25, 0.3) is 0 Å². The molecule has 14 heavy (non-hydrogen) atoms. The molecule has 0 aromatic heterocycles. The predicted molar refractivity (Wildman–Crippen MR) is 46.9 cm³/mol. The summed E-state index contributed by atoms with van der Waals surface area (Å²) in [4.78, 5) is 21.8. The molecule has 1 fully saturated rings. The fraction of sp³-hybridized carbons (Fsp3) is 0.714. The first-order valence-corrected chi connectivity index (χ1v) is 5.54. The van der Waals surface area contributed by atoms with Gasteiger partial charge in [0, 0.05) is 0 Å². The summed E-state index contributed by atoms with van der Waals surface area (Å²) in [5.74, 6) is -2.31. The Morgan fingerprint density at radius 2 is 2.07 bits per heavy atom. The minimum absolute atomic E-state index is 0.327. The Morgan fingerprint density at radius 1 is 1.57 bits per heavy atom. The van der Waals surface area contributed by atoms with E-state index in [1.807, 2.05) is 0 Å². The lowest BCUT2D eigenvalue weighted by atomic mass is 9.95. The Balaban J connectivity index is 3.06. The van der Waals surface area contributed by atoms with Gasteiger partial charge >= 0.3 is 5.97 Å². The van der Waals surface area contributed by atoms with Gasteiger partial charge in [-0.2, -0.15) is 0 Å². The lowest BCUT2D eigenvalue weighted by Crippen LogP contribution is -2.36. The van der Waals surface area contributed by atoms with Crippen LogP contribution in [0, 0.1) is 5.41 Å². The molecule has 1 aliphatic heterocycles. The maximum Gasteiger partial charge on any atom is 0.324 e. The zero-order valence-corrected chi connectivity index (χ0v) is 8.67. The van der Waals surface area contributed by atoms with E-state index in [9.17, 15) is 18.0 Å². The third-order valence-corrected chi connectivity index (χ3v) is 4.02. The maximum absolute atomic E-state index is 11.5. The number of carboxylic acids is 1. The number of amides is 1. The summed E-state index contributed by atoms with van der Waals surface area (Å²) in [6.07, 6.45) is 0. The minimum Gasteiger partial charge on any atom is -0.480 e. The van der Waals surface area contributed by atoms with Gasteiger partial charge in [-0.05, 0) is 13.8 Å². The number of carbonyl (C=O) groups is 2. The van der Waals surface area contributed by atoms with Crippen molar-refractivity contribution in [3.05, 3.63) is 0 Å². The highest BCUT2D eigenvalue weighted by atomic mass is 32.2. The molecule has 0 saturated carbocycles. The smallest absolute Gasteiger partial charge is 0.324 e. The summed E-state index contributed by atoms with van der Waals surface area (Å²) < 4.78 is 23.2. The molecule has 0 unspecified atom stereocenters. The zero-order chi connectivity index (χ0) is 11.1. The Labute approximate surface area is 81.6 Å². The van der Waals surface area contributed by atoms with Crippen molar-refractivity contribution in [3.63, 3.8) is 0 Å². The van der Waals surface area contributed by atoms with Gasteiger partial charge in [-0.25, -0.2) is 12.7 Å². The van der Waals surface area contributed by atoms with Gasteiger partial charge < -0.3 is 5.11 Å². The van der Waals surface area contributed by atoms with Gasteiger partial charge in [-0.15, -0.1) is 0 Å². The van der Waals surface area contributed by atoms with Crippen molar-refractivity contribution in [2.45, 2.75) is 13.8 Å². The van der Waals surface area contributed by atoms with Crippen LogP contribution in [0.4, 0.5) is 0 Å². The predicted octanol–water partition coefficient (Wildman–Crippen LogP) is -0.731. The third-order valence-electron chi connectivity index (χ3n) is 1.96. The van der Waals surface area contributed by atoms with Crippen LogP contribution < -0.4 is 0 Å². The molecule has 1 rings (SSSR count). The zero-order valence-electron chi connectivity index (χ0n) is 7.85. The molecule has 1 heterocycles. The summed E-state index contributed by atoms with van der Waals surface area (Å²) in [6.45, 7) is 2.17. The van der Waals surface area contributed by atoms with Gasteiger partial charge in [-0.1, -0.05) is 0 Å². The van der Waals surface area contributed by atoms with Crippen molar-refractivity contribution in [2.75, 3.05) is 12.3 Å². The van der Waals surface area contributed by atoms with E-state index in [-0.39, 0.29) is 5.75 Å². The number of sulfonamides is 1. The monoisotopic (exact) mass is 221 g/mol. The second-order valence-electron chi connectivity index (χ2n) is 3.85. The summed E-state index contributed by atoms with van der Waals surface area (Å²) in [7, 11) is -3.74. The topological polar surface area (TPSA) is 91.8 Å². The molecule has 0 radical (unpaired) electrons. The van der Waals surface area contributed by atoms with E-state index in [4.69, 9.17) is 5.11 Å². The van der Waals surface area contributed by atoms with Gasteiger partial charge in [0.05, 0.1) is 11.2 Å². The molecule has 0 spiro atoms. The minimum atomic E-state index is -3.74. The summed E-state index contributed by atoms with van der Waals surface area (Å²) in [5, 5.41) is 8.44. The number of aliphatic carboxylic acids is 1. The van der Waals surface area contributed by atoms with E-state index in [0.717, 1.165) is 0 Å². The SMILES string of the molecule is CC1(C)CS(=O)(=O)N(CC(=O)O)C1=O. The first-order chi connectivity index (χ1) is 6.17. The molecule has 0 atom stereocenters. The van der Waals surface area contributed by atoms with Crippen LogP contribution in [-0.4, -0.2) is 42.0 Å². The molecule has 1 saturated heterocycles. The van der Waals surface area contributed by atoms with Crippen LogP contribution >= 0.6 is 0 Å². The Morgan fingerprint density at radius 3 is 2.36 bits per heavy atom. The lowest BCUT2D eigenvalue weighted by Gasteiger charge is -2.14. The first kappa shape index (κ1) is 11.0. The van der Waals surface area contributed by atoms with E-state index in [1.54, 1.807) is 0 Å². The molecule has 1 amide bonds. The van der Waals surface area contributed by atoms with Crippen LogP contribution in [0.15, 0.2) is 0 Å². The normalized spacial score (nSPS) is 23.9. The van der Waals surface area contributed by atoms with Gasteiger partial charge in [0.1, 0.15) is 6.54 Å². The highest BCUT2D eigenvalue weighted by molar-refractivity contribution is 7.90. The molecule has 80 valence electrons. The molecule has 0 aromatic carbocycles. The van der Waals surface area contributed by atoms with E-state index in [1.165, 1.54) is 13.8 Å². The molecular weight excluding hydrogens is 210 g/mol. The van der Waals surface area contributed by atoms with Crippen molar-refractivity contribution in [1.82, 2.24) is 4.31 Å². The molecule has 0 aromatic rings. The average Bonchev–Trinajstić information content (AvgIpc) is 2.08. The lowest BCUT2D eigenvalue weighted by molar-refractivity contribution is -0.142. The Kier molecular flexibility index (Phi) is 2.31. The second kappa shape index (κ2) is 2.94. The molecule has 1 aliphatic rings. The van der Waals surface area contributed by atoms with Gasteiger partial charge in [0.25, 0.3) is 0 Å². The Hall–Kier alpha value is -1.11. The van der Waals surface area contributed by atoms with Crippen LogP contribution in [0.1, 0.15) is 13.8 Å². The average molecular weight is 221 g/mol. The summed E-state index contributed by atoms with van der Waals surface area (Å²) in [6, 6.07) is 0. The van der Waals surface area contributed by atoms with Crippen LogP contribution in [0.2, 0.25) is 0 Å². The largest absolute Gasteiger partial charge is 0.480 e. The molecule has 6 nitrogen and oxygen atoms in total. The van der Waals surface area contributed by atoms with Crippen LogP contribution in [-0.2, 0) is 19.6 Å². The quantitative estimate of drug-likeness (QED) is 0.663. The molecule has 0 aliphatic carbocycles. The number of hydrogen-bond donors (Lipinski definition) is 1. The molecule has 0 bridgehead atoms. The van der Waals surface area contributed by atoms with Crippen molar-refractivity contribution in [1.29, 1.82) is 0 Å². The van der Waals surface area contributed by atoms with Gasteiger partial charge in [-0.3, -0.25) is 9.59 Å². The fourth-order valence-corrected chi connectivity index (χ4v) is 3.35. The second-order valence-corrected chi connectivity index (χ2v) is 5.74. The number of rotatable bonds is 2. The fourth-order valence-electron chi connectivity index (χ4n) is 1.35. The molecule has 7 heteroatoms. The maximum atomic E-state index is 11.5. The first-order valence-electron chi connectivity index (χ1n) is 3.93. The molecule has 1 N–H and O–H groups in total. The number of carboxylic acid groups (broad SMARTS) is 1. The van der Waals surface area contributed by atoms with E-state index in [0.29, 0.717) is 4.31 Å². The van der Waals surface area contributed by atoms with E-state index in [2.05, 4.69) is 0 Å². The van der Waals surface area contributed by atoms with Crippen LogP contribution in [0.5, 0.6) is 0 Å². The van der Waals surface area contributed by atoms with E-state index < -0.39 is 33.9 Å². The van der Waals surface area contributed by atoms with Gasteiger partial charge in [0.15, 0.2) is 0 Å². The Bertz CT molecular complexity index is 383. The van der Waals surface area contributed by atoms with Crippen molar-refractivity contribution >= 4 is 21.9 Å². The van der Waals surface area contributed by atoms with Crippen molar-refractivity contribution < 1.29 is 23.1 Å². The third kappa shape index (κ3) is 1.72. The number of nitrogens with zero attached hydrogens (tertiary/aromatic N) is 1. The van der Waals surface area contributed by atoms with E-state index >= 15 is 0 Å². The highest BCUT2D eigenvalue weighted by Gasteiger charge is 2.49.